The first-order valence-corrected chi connectivity index (χ1v) is 12.6. The summed E-state index contributed by atoms with van der Waals surface area (Å²) in [5.41, 5.74) is 3.23. The number of anilines is 2. The van der Waals surface area contributed by atoms with Gasteiger partial charge in [0, 0.05) is 31.4 Å². The molecule has 11 heteroatoms. The van der Waals surface area contributed by atoms with Gasteiger partial charge in [0.05, 0.1) is 24.3 Å². The zero-order valence-corrected chi connectivity index (χ0v) is 22.5. The van der Waals surface area contributed by atoms with Crippen LogP contribution in [0.4, 0.5) is 16.4 Å². The Balaban J connectivity index is 1.54. The van der Waals surface area contributed by atoms with Gasteiger partial charge in [-0.15, -0.1) is 10.2 Å². The van der Waals surface area contributed by atoms with Crippen LogP contribution in [0.15, 0.2) is 54.6 Å². The van der Waals surface area contributed by atoms with Crippen molar-refractivity contribution in [2.45, 2.75) is 39.9 Å². The van der Waals surface area contributed by atoms with Crippen LogP contribution < -0.4 is 9.80 Å². The number of nitrogens with zero attached hydrogens (tertiary/aromatic N) is 8. The van der Waals surface area contributed by atoms with E-state index in [9.17, 15) is 14.7 Å². The van der Waals surface area contributed by atoms with E-state index >= 15 is 0 Å². The van der Waals surface area contributed by atoms with Crippen LogP contribution in [0, 0.1) is 6.92 Å². The lowest BCUT2D eigenvalue weighted by molar-refractivity contribution is 0.0996. The summed E-state index contributed by atoms with van der Waals surface area (Å²) in [6, 6.07) is 17.1. The Bertz CT molecular complexity index is 1550. The Morgan fingerprint density at radius 3 is 2.49 bits per heavy atom. The smallest absolute Gasteiger partial charge is 0.407 e. The Morgan fingerprint density at radius 1 is 1.05 bits per heavy atom. The van der Waals surface area contributed by atoms with Gasteiger partial charge in [-0.2, -0.15) is 0 Å². The minimum absolute atomic E-state index is 0.0610. The van der Waals surface area contributed by atoms with E-state index in [0.29, 0.717) is 45.8 Å². The highest BCUT2D eigenvalue weighted by molar-refractivity contribution is 6.10. The highest BCUT2D eigenvalue weighted by Gasteiger charge is 2.34. The maximum Gasteiger partial charge on any atom is 0.407 e. The molecule has 200 valence electrons. The van der Waals surface area contributed by atoms with Crippen LogP contribution in [0.2, 0.25) is 0 Å². The zero-order chi connectivity index (χ0) is 27.8. The standard InChI is InChI=1S/C28H30N8O3/c1-17(2)34(5)25-14-20-21(23(30-25)16-33(4)28(38)39)15-35(27(20)37)24-13-9-12-22(29-24)26-32-31-18(3)36(26)19-10-7-6-8-11-19/h6-14,17H,15-16H2,1-5H3,(H,38,39). The number of carboxylic acid groups (broad SMARTS) is 1. The first-order chi connectivity index (χ1) is 18.7. The van der Waals surface area contributed by atoms with Crippen molar-refractivity contribution >= 4 is 23.6 Å². The molecular formula is C28H30N8O3. The summed E-state index contributed by atoms with van der Waals surface area (Å²) >= 11 is 0. The van der Waals surface area contributed by atoms with Gasteiger partial charge in [-0.05, 0) is 51.1 Å². The summed E-state index contributed by atoms with van der Waals surface area (Å²) < 4.78 is 1.92. The maximum atomic E-state index is 13.7. The number of pyridine rings is 2. The summed E-state index contributed by atoms with van der Waals surface area (Å²) in [6.45, 7) is 6.22. The second-order valence-electron chi connectivity index (χ2n) is 9.81. The number of amides is 2. The number of hydrogen-bond donors (Lipinski definition) is 1. The van der Waals surface area contributed by atoms with Crippen molar-refractivity contribution in [2.75, 3.05) is 23.9 Å². The third-order valence-electron chi connectivity index (χ3n) is 6.92. The molecular weight excluding hydrogens is 496 g/mol. The van der Waals surface area contributed by atoms with E-state index < -0.39 is 6.09 Å². The minimum Gasteiger partial charge on any atom is -0.465 e. The van der Waals surface area contributed by atoms with Crippen molar-refractivity contribution in [2.24, 2.45) is 0 Å². The van der Waals surface area contributed by atoms with E-state index in [1.807, 2.05) is 79.8 Å². The fraction of sp³-hybridized carbons (Fsp3) is 0.286. The molecule has 39 heavy (non-hydrogen) atoms. The second-order valence-corrected chi connectivity index (χ2v) is 9.81. The van der Waals surface area contributed by atoms with Crippen LogP contribution in [0.3, 0.4) is 0 Å². The van der Waals surface area contributed by atoms with Crippen LogP contribution in [0.25, 0.3) is 17.2 Å². The van der Waals surface area contributed by atoms with Crippen LogP contribution >= 0.6 is 0 Å². The molecule has 2 amide bonds. The molecule has 0 aliphatic carbocycles. The van der Waals surface area contributed by atoms with Crippen molar-refractivity contribution in [3.05, 3.63) is 77.2 Å². The molecule has 1 aromatic carbocycles. The summed E-state index contributed by atoms with van der Waals surface area (Å²) in [4.78, 5) is 39.6. The number of aromatic nitrogens is 5. The van der Waals surface area contributed by atoms with Gasteiger partial charge in [0.2, 0.25) is 0 Å². The number of rotatable bonds is 7. The van der Waals surface area contributed by atoms with Crippen molar-refractivity contribution in [3.8, 4) is 17.2 Å². The molecule has 0 saturated carbocycles. The Labute approximate surface area is 226 Å². The van der Waals surface area contributed by atoms with E-state index in [4.69, 9.17) is 9.97 Å². The average molecular weight is 527 g/mol. The van der Waals surface area contributed by atoms with Gasteiger partial charge in [-0.3, -0.25) is 14.3 Å². The number of para-hydroxylation sites is 1. The molecule has 4 aromatic rings. The predicted molar refractivity (Wildman–Crippen MR) is 147 cm³/mol. The number of aryl methyl sites for hydroxylation is 1. The summed E-state index contributed by atoms with van der Waals surface area (Å²) in [5.74, 6) is 2.14. The van der Waals surface area contributed by atoms with E-state index in [1.165, 1.54) is 7.05 Å². The predicted octanol–water partition coefficient (Wildman–Crippen LogP) is 4.15. The summed E-state index contributed by atoms with van der Waals surface area (Å²) in [6.07, 6.45) is -1.07. The average Bonchev–Trinajstić information content (AvgIpc) is 3.48. The number of fused-ring (bicyclic) bond motifs is 1. The molecule has 11 nitrogen and oxygen atoms in total. The van der Waals surface area contributed by atoms with Crippen molar-refractivity contribution < 1.29 is 14.7 Å². The highest BCUT2D eigenvalue weighted by atomic mass is 16.4. The van der Waals surface area contributed by atoms with E-state index in [1.54, 1.807) is 17.0 Å². The number of hydrogen-bond acceptors (Lipinski definition) is 7. The zero-order valence-electron chi connectivity index (χ0n) is 22.5. The largest absolute Gasteiger partial charge is 0.465 e. The summed E-state index contributed by atoms with van der Waals surface area (Å²) in [7, 11) is 3.39. The van der Waals surface area contributed by atoms with E-state index in [2.05, 4.69) is 10.2 Å². The molecule has 0 fully saturated rings. The molecule has 1 N–H and O–H groups in total. The number of benzene rings is 1. The normalized spacial score (nSPS) is 12.7. The first-order valence-electron chi connectivity index (χ1n) is 12.6. The van der Waals surface area contributed by atoms with Crippen LogP contribution in [-0.2, 0) is 13.1 Å². The molecule has 4 heterocycles. The number of carbonyl (C=O) groups is 2. The monoisotopic (exact) mass is 526 g/mol. The Kier molecular flexibility index (Phi) is 6.73. The molecule has 0 bridgehead atoms. The molecule has 3 aromatic heterocycles. The molecule has 0 radical (unpaired) electrons. The van der Waals surface area contributed by atoms with Crippen LogP contribution in [0.5, 0.6) is 0 Å². The van der Waals surface area contributed by atoms with Crippen molar-refractivity contribution in [3.63, 3.8) is 0 Å². The maximum absolute atomic E-state index is 13.7. The van der Waals surface area contributed by atoms with Gasteiger partial charge in [0.25, 0.3) is 5.91 Å². The molecule has 5 rings (SSSR count). The molecule has 0 saturated heterocycles. The molecule has 1 aliphatic rings. The topological polar surface area (TPSA) is 121 Å². The van der Waals surface area contributed by atoms with Gasteiger partial charge in [0.1, 0.15) is 23.2 Å². The Morgan fingerprint density at radius 2 is 1.79 bits per heavy atom. The molecule has 0 atom stereocenters. The fourth-order valence-corrected chi connectivity index (χ4v) is 4.52. The van der Waals surface area contributed by atoms with Crippen LogP contribution in [0.1, 0.15) is 41.3 Å². The third kappa shape index (κ3) is 4.78. The lowest BCUT2D eigenvalue weighted by Crippen LogP contribution is -2.29. The van der Waals surface area contributed by atoms with Crippen molar-refractivity contribution in [1.29, 1.82) is 0 Å². The van der Waals surface area contributed by atoms with Gasteiger partial charge in [-0.25, -0.2) is 14.8 Å². The van der Waals surface area contributed by atoms with E-state index in [0.717, 1.165) is 10.6 Å². The van der Waals surface area contributed by atoms with Crippen LogP contribution in [-0.4, -0.2) is 66.9 Å². The SMILES string of the molecule is Cc1nnc(-c2cccc(N3Cc4c(cc(N(C)C(C)C)nc4CN(C)C(=O)O)C3=O)n2)n1-c1ccccc1. The van der Waals surface area contributed by atoms with Gasteiger partial charge < -0.3 is 14.9 Å². The molecule has 1 aliphatic heterocycles. The van der Waals surface area contributed by atoms with Gasteiger partial charge in [-0.1, -0.05) is 24.3 Å². The quantitative estimate of drug-likeness (QED) is 0.381. The van der Waals surface area contributed by atoms with Crippen molar-refractivity contribution in [1.82, 2.24) is 29.6 Å². The highest BCUT2D eigenvalue weighted by Crippen LogP contribution is 2.33. The second kappa shape index (κ2) is 10.2. The lowest BCUT2D eigenvalue weighted by Gasteiger charge is -2.24. The fourth-order valence-electron chi connectivity index (χ4n) is 4.52. The molecule has 0 unspecified atom stereocenters. The van der Waals surface area contributed by atoms with Gasteiger partial charge in [0.15, 0.2) is 5.82 Å². The third-order valence-corrected chi connectivity index (χ3v) is 6.92. The lowest BCUT2D eigenvalue weighted by atomic mass is 10.1. The number of carbonyl (C=O) groups excluding carboxylic acids is 1. The van der Waals surface area contributed by atoms with Gasteiger partial charge >= 0.3 is 6.09 Å². The minimum atomic E-state index is -1.07. The first kappa shape index (κ1) is 25.8. The molecule has 0 spiro atoms. The Hall–Kier alpha value is -4.80. The van der Waals surface area contributed by atoms with E-state index in [-0.39, 0.29) is 25.0 Å². The summed E-state index contributed by atoms with van der Waals surface area (Å²) in [5, 5.41) is 18.1.